The van der Waals surface area contributed by atoms with Gasteiger partial charge in [-0.05, 0) is 12.1 Å². The smallest absolute Gasteiger partial charge is 0.266 e. The van der Waals surface area contributed by atoms with Crippen molar-refractivity contribution in [2.24, 2.45) is 0 Å². The van der Waals surface area contributed by atoms with Gasteiger partial charge < -0.3 is 0 Å². The fraction of sp³-hybridized carbons (Fsp3) is 0.182. The van der Waals surface area contributed by atoms with E-state index in [2.05, 4.69) is 5.32 Å². The molecule has 0 unspecified atom stereocenters. The third-order valence-electron chi connectivity index (χ3n) is 2.51. The van der Waals surface area contributed by atoms with Crippen molar-refractivity contribution in [2.45, 2.75) is 17.7 Å². The van der Waals surface area contributed by atoms with Crippen molar-refractivity contribution in [1.82, 2.24) is 10.0 Å². The summed E-state index contributed by atoms with van der Waals surface area (Å²) >= 11 is 0. The summed E-state index contributed by atoms with van der Waals surface area (Å²) in [6, 6.07) is 6.09. The second-order valence-electron chi connectivity index (χ2n) is 3.90. The van der Waals surface area contributed by atoms with Crippen LogP contribution in [0.2, 0.25) is 0 Å². The SMILES string of the molecule is O=C1CCC(=O)N1.O=C1NS(=O)(=O)c2ccccc21. The topological polar surface area (TPSA) is 109 Å². The first-order valence-electron chi connectivity index (χ1n) is 5.39. The van der Waals surface area contributed by atoms with E-state index in [4.69, 9.17) is 0 Å². The summed E-state index contributed by atoms with van der Waals surface area (Å²) in [6.45, 7) is 0. The summed E-state index contributed by atoms with van der Waals surface area (Å²) in [5.41, 5.74) is 0.220. The highest BCUT2D eigenvalue weighted by Gasteiger charge is 2.31. The zero-order valence-corrected chi connectivity index (χ0v) is 10.5. The van der Waals surface area contributed by atoms with E-state index in [0.717, 1.165) is 0 Å². The first-order chi connectivity index (χ1) is 8.90. The van der Waals surface area contributed by atoms with Crippen LogP contribution in [0.4, 0.5) is 0 Å². The number of imide groups is 1. The normalized spacial score (nSPS) is 19.1. The van der Waals surface area contributed by atoms with Crippen LogP contribution < -0.4 is 10.0 Å². The van der Waals surface area contributed by atoms with Crippen LogP contribution >= 0.6 is 0 Å². The van der Waals surface area contributed by atoms with E-state index in [1.165, 1.54) is 12.1 Å². The second kappa shape index (κ2) is 4.81. The minimum Gasteiger partial charge on any atom is -0.296 e. The molecule has 3 amide bonds. The van der Waals surface area contributed by atoms with Crippen LogP contribution in [0.25, 0.3) is 0 Å². The molecule has 1 aromatic carbocycles. The quantitative estimate of drug-likeness (QED) is 0.626. The van der Waals surface area contributed by atoms with Crippen molar-refractivity contribution >= 4 is 27.7 Å². The van der Waals surface area contributed by atoms with Crippen molar-refractivity contribution < 1.29 is 22.8 Å². The summed E-state index contributed by atoms with van der Waals surface area (Å²) < 4.78 is 24.2. The molecule has 1 saturated heterocycles. The fourth-order valence-electron chi connectivity index (χ4n) is 1.63. The molecule has 3 rings (SSSR count). The van der Waals surface area contributed by atoms with Crippen molar-refractivity contribution in [2.75, 3.05) is 0 Å². The second-order valence-corrected chi connectivity index (χ2v) is 5.55. The Kier molecular flexibility index (Phi) is 3.34. The molecule has 0 saturated carbocycles. The molecular formula is C11H10N2O5S. The molecule has 2 N–H and O–H groups in total. The lowest BCUT2D eigenvalue weighted by Gasteiger charge is -1.91. The van der Waals surface area contributed by atoms with Crippen molar-refractivity contribution in [3.05, 3.63) is 29.8 Å². The maximum absolute atomic E-state index is 11.1. The van der Waals surface area contributed by atoms with Crippen molar-refractivity contribution in [1.29, 1.82) is 0 Å². The van der Waals surface area contributed by atoms with Gasteiger partial charge in [0.15, 0.2) is 0 Å². The van der Waals surface area contributed by atoms with E-state index < -0.39 is 15.9 Å². The lowest BCUT2D eigenvalue weighted by atomic mass is 10.2. The summed E-state index contributed by atoms with van der Waals surface area (Å²) in [6.07, 6.45) is 0.748. The highest BCUT2D eigenvalue weighted by molar-refractivity contribution is 7.90. The van der Waals surface area contributed by atoms with E-state index in [1.807, 2.05) is 4.72 Å². The van der Waals surface area contributed by atoms with E-state index in [-0.39, 0.29) is 22.3 Å². The standard InChI is InChI=1S/C7H5NO3S.C4H5NO2/c9-7-5-3-1-2-4-6(5)12(10,11)8-7;6-3-1-2-4(7)5-3/h1-4H,(H,8,9);1-2H2,(H,5,6,7). The molecular weight excluding hydrogens is 272 g/mol. The van der Waals surface area contributed by atoms with Gasteiger partial charge in [-0.3, -0.25) is 19.7 Å². The maximum Gasteiger partial charge on any atom is 0.266 e. The molecule has 0 aromatic heterocycles. The number of hydrogen-bond acceptors (Lipinski definition) is 5. The third-order valence-corrected chi connectivity index (χ3v) is 3.90. The molecule has 7 nitrogen and oxygen atoms in total. The van der Waals surface area contributed by atoms with E-state index in [0.29, 0.717) is 12.8 Å². The number of hydrogen-bond donors (Lipinski definition) is 2. The molecule has 0 atom stereocenters. The molecule has 100 valence electrons. The lowest BCUT2D eigenvalue weighted by Crippen LogP contribution is -2.20. The van der Waals surface area contributed by atoms with E-state index in [9.17, 15) is 22.8 Å². The Morgan fingerprint density at radius 3 is 2.00 bits per heavy atom. The average Bonchev–Trinajstić information content (AvgIpc) is 2.83. The van der Waals surface area contributed by atoms with Gasteiger partial charge in [-0.1, -0.05) is 12.1 Å². The number of carbonyl (C=O) groups is 3. The van der Waals surface area contributed by atoms with Crippen molar-refractivity contribution in [3.63, 3.8) is 0 Å². The van der Waals surface area contributed by atoms with Crippen LogP contribution in [0, 0.1) is 0 Å². The molecule has 19 heavy (non-hydrogen) atoms. The molecule has 1 fully saturated rings. The molecule has 0 radical (unpaired) electrons. The van der Waals surface area contributed by atoms with Gasteiger partial charge in [0.25, 0.3) is 15.9 Å². The Bertz CT molecular complexity index is 651. The van der Waals surface area contributed by atoms with E-state index in [1.54, 1.807) is 12.1 Å². The first-order valence-corrected chi connectivity index (χ1v) is 6.87. The monoisotopic (exact) mass is 282 g/mol. The molecule has 0 spiro atoms. The average molecular weight is 282 g/mol. The Balaban J connectivity index is 0.000000163. The number of fused-ring (bicyclic) bond motifs is 1. The van der Waals surface area contributed by atoms with Gasteiger partial charge in [-0.2, -0.15) is 0 Å². The number of benzene rings is 1. The largest absolute Gasteiger partial charge is 0.296 e. The predicted octanol–water partition coefficient (Wildman–Crippen LogP) is -0.458. The van der Waals surface area contributed by atoms with Gasteiger partial charge in [0.05, 0.1) is 5.56 Å². The molecule has 8 heteroatoms. The molecule has 1 aromatic rings. The number of carbonyl (C=O) groups excluding carboxylic acids is 3. The maximum atomic E-state index is 11.1. The fourth-order valence-corrected chi connectivity index (χ4v) is 2.80. The van der Waals surface area contributed by atoms with Crippen LogP contribution in [0.3, 0.4) is 0 Å². The highest BCUT2D eigenvalue weighted by atomic mass is 32.2. The molecule has 2 heterocycles. The van der Waals surface area contributed by atoms with Crippen LogP contribution in [-0.2, 0) is 19.6 Å². The Hall–Kier alpha value is -2.22. The zero-order valence-electron chi connectivity index (χ0n) is 9.67. The summed E-state index contributed by atoms with van der Waals surface area (Å²) in [5, 5.41) is 2.14. The van der Waals surface area contributed by atoms with Gasteiger partial charge in [-0.25, -0.2) is 13.1 Å². The molecule has 0 aliphatic carbocycles. The first kappa shape index (κ1) is 13.2. The van der Waals surface area contributed by atoms with Gasteiger partial charge in [-0.15, -0.1) is 0 Å². The van der Waals surface area contributed by atoms with E-state index >= 15 is 0 Å². The van der Waals surface area contributed by atoms with Crippen LogP contribution in [0.5, 0.6) is 0 Å². The number of amides is 3. The van der Waals surface area contributed by atoms with Crippen LogP contribution in [0.15, 0.2) is 29.2 Å². The summed E-state index contributed by atoms with van der Waals surface area (Å²) in [4.78, 5) is 31.3. The third kappa shape index (κ3) is 2.79. The lowest BCUT2D eigenvalue weighted by molar-refractivity contribution is -0.124. The number of sulfonamides is 1. The predicted molar refractivity (Wildman–Crippen MR) is 63.5 cm³/mol. The highest BCUT2D eigenvalue weighted by Crippen LogP contribution is 2.20. The number of rotatable bonds is 0. The zero-order chi connectivity index (χ0) is 14.0. The Morgan fingerprint density at radius 1 is 0.947 bits per heavy atom. The van der Waals surface area contributed by atoms with Gasteiger partial charge in [0.1, 0.15) is 4.90 Å². The van der Waals surface area contributed by atoms with Crippen LogP contribution in [-0.4, -0.2) is 26.1 Å². The number of nitrogens with one attached hydrogen (secondary N) is 2. The summed E-state index contributed by atoms with van der Waals surface area (Å²) in [5.74, 6) is -0.847. The molecule has 2 aliphatic heterocycles. The molecule has 2 aliphatic rings. The molecule has 0 bridgehead atoms. The van der Waals surface area contributed by atoms with Gasteiger partial charge >= 0.3 is 0 Å². The van der Waals surface area contributed by atoms with Crippen molar-refractivity contribution in [3.8, 4) is 0 Å². The minimum atomic E-state index is -3.55. The Labute approximate surface area is 109 Å². The van der Waals surface area contributed by atoms with Gasteiger partial charge in [0, 0.05) is 12.8 Å². The van der Waals surface area contributed by atoms with Crippen LogP contribution in [0.1, 0.15) is 23.2 Å². The Morgan fingerprint density at radius 2 is 1.53 bits per heavy atom. The summed E-state index contributed by atoms with van der Waals surface area (Å²) in [7, 11) is -3.55. The van der Waals surface area contributed by atoms with Gasteiger partial charge in [0.2, 0.25) is 11.8 Å². The minimum absolute atomic E-state index is 0.0648.